The molecular weight excluding hydrogens is 411 g/mol. The Morgan fingerprint density at radius 3 is 2.34 bits per heavy atom. The second-order valence-electron chi connectivity index (χ2n) is 7.52. The number of amides is 2. The van der Waals surface area contributed by atoms with Crippen molar-refractivity contribution in [2.45, 2.75) is 26.3 Å². The molecule has 2 amide bonds. The first kappa shape index (κ1) is 26.9. The number of nitrogens with two attached hydrogens (primary N) is 1. The highest BCUT2D eigenvalue weighted by atomic mass is 35.5. The fourth-order valence-corrected chi connectivity index (χ4v) is 2.84. The third kappa shape index (κ3) is 8.40. The van der Waals surface area contributed by atoms with Crippen molar-refractivity contribution in [1.82, 2.24) is 15.2 Å². The van der Waals surface area contributed by atoms with Gasteiger partial charge < -0.3 is 16.0 Å². The Kier molecular flexibility index (Phi) is 11.5. The summed E-state index contributed by atoms with van der Waals surface area (Å²) in [5.74, 6) is -0.422. The number of hydrogen-bond donors (Lipinski definition) is 2. The largest absolute Gasteiger partial charge is 0.343 e. The number of carbonyl (C=O) groups excluding carboxylic acids is 2. The molecule has 1 unspecified atom stereocenters. The van der Waals surface area contributed by atoms with E-state index in [2.05, 4.69) is 10.3 Å². The fraction of sp³-hybridized carbons (Fsp3) is 0.381. The molecule has 0 saturated carbocycles. The molecule has 1 aromatic heterocycles. The Hall–Kier alpha value is -2.15. The van der Waals surface area contributed by atoms with Gasteiger partial charge in [-0.2, -0.15) is 0 Å². The highest BCUT2D eigenvalue weighted by Crippen LogP contribution is 2.15. The van der Waals surface area contributed by atoms with Crippen molar-refractivity contribution in [1.29, 1.82) is 0 Å². The van der Waals surface area contributed by atoms with E-state index in [4.69, 9.17) is 5.73 Å². The normalized spacial score (nSPS) is 11.4. The Labute approximate surface area is 185 Å². The molecular formula is C21H30Cl2N4O2. The van der Waals surface area contributed by atoms with Crippen LogP contribution < -0.4 is 11.1 Å². The quantitative estimate of drug-likeness (QED) is 0.660. The summed E-state index contributed by atoms with van der Waals surface area (Å²) in [4.78, 5) is 31.4. The van der Waals surface area contributed by atoms with E-state index in [0.29, 0.717) is 25.1 Å². The van der Waals surface area contributed by atoms with Crippen molar-refractivity contribution < 1.29 is 9.59 Å². The summed E-state index contributed by atoms with van der Waals surface area (Å²) in [5.41, 5.74) is 7.00. The Morgan fingerprint density at radius 1 is 1.14 bits per heavy atom. The molecule has 8 heteroatoms. The van der Waals surface area contributed by atoms with Crippen molar-refractivity contribution >= 4 is 36.6 Å². The fourth-order valence-electron chi connectivity index (χ4n) is 2.84. The maximum absolute atomic E-state index is 13.1. The minimum Gasteiger partial charge on any atom is -0.343 e. The van der Waals surface area contributed by atoms with E-state index >= 15 is 0 Å². The molecule has 0 radical (unpaired) electrons. The number of benzene rings is 1. The topological polar surface area (TPSA) is 88.3 Å². The van der Waals surface area contributed by atoms with E-state index in [1.807, 2.05) is 32.0 Å². The van der Waals surface area contributed by atoms with Crippen molar-refractivity contribution in [3.05, 3.63) is 66.0 Å². The summed E-state index contributed by atoms with van der Waals surface area (Å²) in [6, 6.07) is 11.9. The number of nitrogens with one attached hydrogen (secondary N) is 1. The lowest BCUT2D eigenvalue weighted by atomic mass is 9.93. The van der Waals surface area contributed by atoms with E-state index in [-0.39, 0.29) is 42.0 Å². The predicted octanol–water partition coefficient (Wildman–Crippen LogP) is 2.71. The van der Waals surface area contributed by atoms with Crippen LogP contribution in [0.25, 0.3) is 0 Å². The van der Waals surface area contributed by atoms with Gasteiger partial charge in [-0.25, -0.2) is 0 Å². The predicted molar refractivity (Wildman–Crippen MR) is 121 cm³/mol. The van der Waals surface area contributed by atoms with Crippen molar-refractivity contribution in [2.24, 2.45) is 11.1 Å². The zero-order valence-electron chi connectivity index (χ0n) is 17.0. The summed E-state index contributed by atoms with van der Waals surface area (Å²) in [6.07, 6.45) is 3.76. The highest BCUT2D eigenvalue weighted by molar-refractivity contribution is 5.97. The minimum absolute atomic E-state index is 0. The number of aromatic nitrogens is 1. The summed E-state index contributed by atoms with van der Waals surface area (Å²) < 4.78 is 0. The standard InChI is InChI=1S/C21H28N4O2.2ClH/c1-21(2,14-22)15-25(3)20(27)18(12-16-8-7-11-23-13-16)24-19(26)17-9-5-4-6-10-17;;/h4-11,13,18H,12,14-15,22H2,1-3H3,(H,24,26);2*1H. The average Bonchev–Trinajstić information content (AvgIpc) is 2.68. The Balaban J connectivity index is 0.00000392. The van der Waals surface area contributed by atoms with Gasteiger partial charge in [-0.15, -0.1) is 24.8 Å². The molecule has 2 aromatic rings. The SMILES string of the molecule is CN(CC(C)(C)CN)C(=O)C(Cc1cccnc1)NC(=O)c1ccccc1.Cl.Cl. The van der Waals surface area contributed by atoms with Crippen LogP contribution in [-0.2, 0) is 11.2 Å². The number of carbonyl (C=O) groups is 2. The van der Waals surface area contributed by atoms with E-state index in [1.54, 1.807) is 48.6 Å². The van der Waals surface area contributed by atoms with Gasteiger partial charge in [0.2, 0.25) is 5.91 Å². The summed E-state index contributed by atoms with van der Waals surface area (Å²) in [5, 5.41) is 2.88. The second kappa shape index (κ2) is 12.4. The molecule has 6 nitrogen and oxygen atoms in total. The minimum atomic E-state index is -0.680. The van der Waals surface area contributed by atoms with Crippen LogP contribution in [-0.4, -0.2) is 47.9 Å². The molecule has 1 atom stereocenters. The van der Waals surface area contributed by atoms with Gasteiger partial charge in [0, 0.05) is 38.0 Å². The number of nitrogens with zero attached hydrogens (tertiary/aromatic N) is 2. The third-order valence-electron chi connectivity index (χ3n) is 4.40. The molecule has 29 heavy (non-hydrogen) atoms. The van der Waals surface area contributed by atoms with Gasteiger partial charge >= 0.3 is 0 Å². The van der Waals surface area contributed by atoms with Gasteiger partial charge in [-0.1, -0.05) is 38.1 Å². The smallest absolute Gasteiger partial charge is 0.251 e. The van der Waals surface area contributed by atoms with Gasteiger partial charge in [0.15, 0.2) is 0 Å². The first-order valence-electron chi connectivity index (χ1n) is 9.02. The van der Waals surface area contributed by atoms with Crippen LogP contribution in [0, 0.1) is 5.41 Å². The van der Waals surface area contributed by atoms with Crippen LogP contribution in [0.15, 0.2) is 54.9 Å². The zero-order chi connectivity index (χ0) is 19.9. The summed E-state index contributed by atoms with van der Waals surface area (Å²) in [6.45, 7) is 4.99. The van der Waals surface area contributed by atoms with Crippen LogP contribution >= 0.6 is 24.8 Å². The van der Waals surface area contributed by atoms with Crippen LogP contribution in [0.2, 0.25) is 0 Å². The van der Waals surface area contributed by atoms with E-state index < -0.39 is 6.04 Å². The zero-order valence-corrected chi connectivity index (χ0v) is 18.6. The van der Waals surface area contributed by atoms with Gasteiger partial charge in [0.1, 0.15) is 6.04 Å². The molecule has 0 saturated heterocycles. The molecule has 3 N–H and O–H groups in total. The molecule has 0 spiro atoms. The molecule has 0 fully saturated rings. The molecule has 0 aliphatic carbocycles. The first-order valence-corrected chi connectivity index (χ1v) is 9.02. The molecule has 0 aliphatic rings. The van der Waals surface area contributed by atoms with Crippen LogP contribution in [0.1, 0.15) is 29.8 Å². The van der Waals surface area contributed by atoms with Gasteiger partial charge in [0.05, 0.1) is 0 Å². The molecule has 0 aliphatic heterocycles. The lowest BCUT2D eigenvalue weighted by Gasteiger charge is -2.31. The van der Waals surface area contributed by atoms with Gasteiger partial charge in [0.25, 0.3) is 5.91 Å². The number of halogens is 2. The Bertz CT molecular complexity index is 758. The summed E-state index contributed by atoms with van der Waals surface area (Å²) in [7, 11) is 1.74. The maximum Gasteiger partial charge on any atom is 0.251 e. The number of rotatable bonds is 8. The van der Waals surface area contributed by atoms with Crippen LogP contribution in [0.3, 0.4) is 0 Å². The second-order valence-corrected chi connectivity index (χ2v) is 7.52. The van der Waals surface area contributed by atoms with Gasteiger partial charge in [-0.05, 0) is 35.7 Å². The average molecular weight is 441 g/mol. The molecule has 1 aromatic carbocycles. The van der Waals surface area contributed by atoms with Crippen molar-refractivity contribution in [3.8, 4) is 0 Å². The molecule has 160 valence electrons. The van der Waals surface area contributed by atoms with E-state index in [0.717, 1.165) is 5.56 Å². The highest BCUT2D eigenvalue weighted by Gasteiger charge is 2.28. The molecule has 0 bridgehead atoms. The molecule has 1 heterocycles. The van der Waals surface area contributed by atoms with Crippen LogP contribution in [0.4, 0.5) is 0 Å². The lowest BCUT2D eigenvalue weighted by Crippen LogP contribution is -2.51. The van der Waals surface area contributed by atoms with Crippen LogP contribution in [0.5, 0.6) is 0 Å². The number of hydrogen-bond acceptors (Lipinski definition) is 4. The first-order chi connectivity index (χ1) is 12.8. The lowest BCUT2D eigenvalue weighted by molar-refractivity contribution is -0.133. The van der Waals surface area contributed by atoms with E-state index in [9.17, 15) is 9.59 Å². The number of likely N-dealkylation sites (N-methyl/N-ethyl adjacent to an activating group) is 1. The number of pyridine rings is 1. The van der Waals surface area contributed by atoms with Crippen molar-refractivity contribution in [2.75, 3.05) is 20.1 Å². The Morgan fingerprint density at radius 2 is 1.79 bits per heavy atom. The van der Waals surface area contributed by atoms with Crippen molar-refractivity contribution in [3.63, 3.8) is 0 Å². The third-order valence-corrected chi connectivity index (χ3v) is 4.40. The monoisotopic (exact) mass is 440 g/mol. The van der Waals surface area contributed by atoms with Gasteiger partial charge in [-0.3, -0.25) is 14.6 Å². The van der Waals surface area contributed by atoms with E-state index in [1.165, 1.54) is 0 Å². The molecule has 2 rings (SSSR count). The summed E-state index contributed by atoms with van der Waals surface area (Å²) >= 11 is 0. The maximum atomic E-state index is 13.1.